The fraction of sp³-hybridized carbons (Fsp3) is 1.00. The quantitative estimate of drug-likeness (QED) is 0.391. The molecule has 0 aliphatic carbocycles. The summed E-state index contributed by atoms with van der Waals surface area (Å²) in [5.74, 6) is 0. The number of hydrogen-bond acceptors (Lipinski definition) is 0. The van der Waals surface area contributed by atoms with Gasteiger partial charge < -0.3 is 0 Å². The lowest BCUT2D eigenvalue weighted by molar-refractivity contribution is 1.09. The third kappa shape index (κ3) is 0. The van der Waals surface area contributed by atoms with Gasteiger partial charge in [-0.15, -0.1) is 0 Å². The van der Waals surface area contributed by atoms with Crippen LogP contribution in [0.1, 0.15) is 176 Å². The minimum absolute atomic E-state index is 0. The molecule has 0 unspecified atom stereocenters. The van der Waals surface area contributed by atoms with Crippen molar-refractivity contribution < 1.29 is 0 Å². The summed E-state index contributed by atoms with van der Waals surface area (Å²) in [5, 5.41) is 0. The largest absolute Gasteiger partial charge is 0.0776 e. The third-order valence-corrected chi connectivity index (χ3v) is 0. The Morgan fingerprint density at radius 2 is 0.240 bits per heavy atom. The van der Waals surface area contributed by atoms with E-state index in [4.69, 9.17) is 0 Å². The highest BCUT2D eigenvalue weighted by Crippen LogP contribution is 1.56. The van der Waals surface area contributed by atoms with Gasteiger partial charge in [0.1, 0.15) is 0 Å². The summed E-state index contributed by atoms with van der Waals surface area (Å²) in [6.45, 7) is 36.2. The summed E-state index contributed by atoms with van der Waals surface area (Å²) in [6.07, 6.45) is 1.25. The van der Waals surface area contributed by atoms with Gasteiger partial charge in [-0.25, -0.2) is 0 Å². The topological polar surface area (TPSA) is 0 Å². The molecule has 25 heavy (non-hydrogen) atoms. The average molecular weight is 381 g/mol. The first-order valence-corrected chi connectivity index (χ1v) is 9.41. The molecule has 0 N–H and O–H groups in total. The zero-order valence-electron chi connectivity index (χ0n) is 18.7. The zero-order valence-corrected chi connectivity index (χ0v) is 18.7. The monoisotopic (exact) mass is 381 g/mol. The summed E-state index contributed by atoms with van der Waals surface area (Å²) >= 11 is 0. The molecule has 0 aromatic carbocycles. The lowest BCUT2D eigenvalue weighted by atomic mass is 10.6. The van der Waals surface area contributed by atoms with Gasteiger partial charge in [-0.1, -0.05) is 176 Å². The highest BCUT2D eigenvalue weighted by Gasteiger charge is 1.35. The van der Waals surface area contributed by atoms with Gasteiger partial charge in [0.25, 0.3) is 0 Å². The van der Waals surface area contributed by atoms with Gasteiger partial charge >= 0.3 is 0 Å². The molecule has 0 radical (unpaired) electrons. The lowest BCUT2D eigenvalue weighted by Crippen LogP contribution is -1.27. The second kappa shape index (κ2) is 12700. The standard InChI is InChI=1S/C3H8.8C2H6.6CH4/c1-3-2;8*1-2;;;;;;/h3H2,1-2H3;8*1-2H3;6*1H4. The summed E-state index contributed by atoms with van der Waals surface area (Å²) in [4.78, 5) is 0. The van der Waals surface area contributed by atoms with Crippen LogP contribution in [0.25, 0.3) is 0 Å². The molecule has 0 heteroatoms. The average Bonchev–Trinajstić information content (AvgIpc) is 2.62. The number of rotatable bonds is 0. The molecule has 0 amide bonds. The van der Waals surface area contributed by atoms with Crippen molar-refractivity contribution in [2.45, 2.75) is 176 Å². The molecule has 0 spiro atoms. The van der Waals surface area contributed by atoms with Gasteiger partial charge in [-0.05, 0) is 0 Å². The Bertz CT molecular complexity index is 0. The Morgan fingerprint density at radius 1 is 0.240 bits per heavy atom. The first kappa shape index (κ1) is 144. The molecule has 0 atom stereocenters. The fourth-order valence-corrected chi connectivity index (χ4v) is 0. The predicted molar refractivity (Wildman–Crippen MR) is 147 cm³/mol. The van der Waals surface area contributed by atoms with Crippen molar-refractivity contribution in [2.75, 3.05) is 0 Å². The highest BCUT2D eigenvalue weighted by molar-refractivity contribution is 3.92. The van der Waals surface area contributed by atoms with E-state index in [-0.39, 0.29) is 44.6 Å². The van der Waals surface area contributed by atoms with Gasteiger partial charge in [0.05, 0.1) is 0 Å². The van der Waals surface area contributed by atoms with Crippen molar-refractivity contribution in [2.24, 2.45) is 0 Å². The molecular formula is C25H80. The van der Waals surface area contributed by atoms with Crippen molar-refractivity contribution in [3.8, 4) is 0 Å². The summed E-state index contributed by atoms with van der Waals surface area (Å²) in [5.41, 5.74) is 0. The molecule has 0 saturated heterocycles. The first-order valence-electron chi connectivity index (χ1n) is 9.41. The van der Waals surface area contributed by atoms with Gasteiger partial charge in [0.15, 0.2) is 0 Å². The van der Waals surface area contributed by atoms with Crippen molar-refractivity contribution in [1.29, 1.82) is 0 Å². The Labute approximate surface area is 176 Å². The van der Waals surface area contributed by atoms with E-state index in [0.717, 1.165) is 0 Å². The summed E-state index contributed by atoms with van der Waals surface area (Å²) < 4.78 is 0. The van der Waals surface area contributed by atoms with Crippen LogP contribution in [-0.2, 0) is 0 Å². The third-order valence-electron chi connectivity index (χ3n) is 0. The van der Waals surface area contributed by atoms with Crippen molar-refractivity contribution in [3.05, 3.63) is 0 Å². The maximum absolute atomic E-state index is 2.12. The predicted octanol–water partition coefficient (Wildman–Crippen LogP) is 13.4. The van der Waals surface area contributed by atoms with E-state index in [0.29, 0.717) is 0 Å². The van der Waals surface area contributed by atoms with E-state index >= 15 is 0 Å². The van der Waals surface area contributed by atoms with E-state index in [2.05, 4.69) is 13.8 Å². The first-order chi connectivity index (χ1) is 9.41. The zero-order chi connectivity index (χ0) is 18.7. The van der Waals surface area contributed by atoms with Gasteiger partial charge in [0, 0.05) is 0 Å². The summed E-state index contributed by atoms with van der Waals surface area (Å²) in [6, 6.07) is 0. The van der Waals surface area contributed by atoms with Crippen LogP contribution in [0.3, 0.4) is 0 Å². The molecule has 0 nitrogen and oxygen atoms in total. The molecule has 0 bridgehead atoms. The van der Waals surface area contributed by atoms with Gasteiger partial charge in [0.2, 0.25) is 0 Å². The van der Waals surface area contributed by atoms with Crippen LogP contribution in [0, 0.1) is 0 Å². The normalized spacial score (nSPS) is 2.64. The minimum atomic E-state index is 0. The van der Waals surface area contributed by atoms with E-state index < -0.39 is 0 Å². The van der Waals surface area contributed by atoms with Crippen LogP contribution in [0.5, 0.6) is 0 Å². The molecule has 0 aliphatic rings. The SMILES string of the molecule is C.C.C.C.C.C.CC.CC.CC.CC.CC.CC.CC.CC.CCC. The van der Waals surface area contributed by atoms with Crippen LogP contribution in [0.2, 0.25) is 0 Å². The maximum atomic E-state index is 2.12. The molecular weight excluding hydrogens is 300 g/mol. The second-order valence-corrected chi connectivity index (χ2v) is 0.707. The molecule has 0 fully saturated rings. The van der Waals surface area contributed by atoms with Crippen molar-refractivity contribution in [3.63, 3.8) is 0 Å². The molecule has 0 aliphatic heterocycles. The van der Waals surface area contributed by atoms with Gasteiger partial charge in [-0.3, -0.25) is 0 Å². The molecule has 0 aromatic rings. The molecule has 0 saturated carbocycles. The second-order valence-electron chi connectivity index (χ2n) is 0.707. The van der Waals surface area contributed by atoms with Crippen LogP contribution < -0.4 is 0 Å². The van der Waals surface area contributed by atoms with E-state index in [1.165, 1.54) is 6.42 Å². The Kier molecular flexibility index (Phi) is 73100. The molecule has 0 heterocycles. The van der Waals surface area contributed by atoms with Crippen LogP contribution in [0.4, 0.5) is 0 Å². The lowest BCUT2D eigenvalue weighted by Gasteiger charge is -1.48. The Morgan fingerprint density at radius 3 is 0.240 bits per heavy atom. The van der Waals surface area contributed by atoms with E-state index in [1.807, 2.05) is 111 Å². The molecule has 0 aromatic heterocycles. The Balaban J connectivity index is -0.00000000337. The molecule has 180 valence electrons. The van der Waals surface area contributed by atoms with Crippen molar-refractivity contribution >= 4 is 0 Å². The van der Waals surface area contributed by atoms with E-state index in [1.54, 1.807) is 0 Å². The van der Waals surface area contributed by atoms with Crippen LogP contribution in [-0.4, -0.2) is 0 Å². The highest BCUT2D eigenvalue weighted by atomic mass is 13.4. The fourth-order valence-electron chi connectivity index (χ4n) is 0. The van der Waals surface area contributed by atoms with E-state index in [9.17, 15) is 0 Å². The minimum Gasteiger partial charge on any atom is -0.0776 e. The van der Waals surface area contributed by atoms with Crippen LogP contribution in [0.15, 0.2) is 0 Å². The molecule has 0 rings (SSSR count). The smallest absolute Gasteiger partial charge is 0.0590 e. The van der Waals surface area contributed by atoms with Crippen LogP contribution >= 0.6 is 0 Å². The Hall–Kier alpha value is 0. The maximum Gasteiger partial charge on any atom is -0.0590 e. The summed E-state index contributed by atoms with van der Waals surface area (Å²) in [7, 11) is 0. The number of hydrogen-bond donors (Lipinski definition) is 0. The van der Waals surface area contributed by atoms with Gasteiger partial charge in [-0.2, -0.15) is 0 Å². The van der Waals surface area contributed by atoms with Crippen molar-refractivity contribution in [1.82, 2.24) is 0 Å².